The molecule has 0 saturated heterocycles. The molecule has 0 atom stereocenters. The predicted molar refractivity (Wildman–Crippen MR) is 95.4 cm³/mol. The molecule has 0 bridgehead atoms. The lowest BCUT2D eigenvalue weighted by atomic mass is 10.2. The van der Waals surface area contributed by atoms with Crippen molar-refractivity contribution in [3.63, 3.8) is 0 Å². The van der Waals surface area contributed by atoms with Crippen LogP contribution in [0, 0.1) is 5.82 Å². The molecule has 0 fully saturated rings. The Morgan fingerprint density at radius 3 is 2.46 bits per heavy atom. The first-order chi connectivity index (χ1) is 12.5. The minimum Gasteiger partial charge on any atom is -0.481 e. The number of nitrogens with zero attached hydrogens (tertiary/aromatic N) is 4. The van der Waals surface area contributed by atoms with Crippen molar-refractivity contribution in [2.24, 2.45) is 0 Å². The number of benzene rings is 1. The van der Waals surface area contributed by atoms with Crippen molar-refractivity contribution in [2.75, 3.05) is 26.2 Å². The van der Waals surface area contributed by atoms with Crippen LogP contribution in [0.4, 0.5) is 9.52 Å². The van der Waals surface area contributed by atoms with Crippen LogP contribution in [-0.2, 0) is 0 Å². The third kappa shape index (κ3) is 3.62. The second-order valence-corrected chi connectivity index (χ2v) is 6.01. The number of amides is 1. The van der Waals surface area contributed by atoms with Crippen LogP contribution in [0.3, 0.4) is 0 Å². The summed E-state index contributed by atoms with van der Waals surface area (Å²) >= 11 is 1.28. The van der Waals surface area contributed by atoms with Gasteiger partial charge in [0.15, 0.2) is 5.13 Å². The minimum absolute atomic E-state index is 0.157. The predicted octanol–water partition coefficient (Wildman–Crippen LogP) is 3.03. The summed E-state index contributed by atoms with van der Waals surface area (Å²) in [4.78, 5) is 26.6. The first kappa shape index (κ1) is 17.7. The van der Waals surface area contributed by atoms with E-state index in [0.717, 1.165) is 0 Å². The number of carbonyl (C=O) groups excluding carboxylic acids is 1. The van der Waals surface area contributed by atoms with E-state index < -0.39 is 5.82 Å². The lowest BCUT2D eigenvalue weighted by Gasteiger charge is -2.13. The van der Waals surface area contributed by atoms with Gasteiger partial charge in [0, 0.05) is 24.1 Å². The molecule has 7 nitrogen and oxygen atoms in total. The van der Waals surface area contributed by atoms with Gasteiger partial charge < -0.3 is 9.47 Å². The Hall–Kier alpha value is -3.07. The summed E-state index contributed by atoms with van der Waals surface area (Å²) in [7, 11) is 4.56. The molecule has 2 aromatic heterocycles. The number of hydrogen-bond acceptors (Lipinski definition) is 7. The highest BCUT2D eigenvalue weighted by molar-refractivity contribution is 7.14. The molecule has 1 aromatic carbocycles. The zero-order chi connectivity index (χ0) is 18.7. The first-order valence-electron chi connectivity index (χ1n) is 7.48. The van der Waals surface area contributed by atoms with E-state index in [4.69, 9.17) is 9.47 Å². The van der Waals surface area contributed by atoms with Crippen LogP contribution < -0.4 is 14.4 Å². The maximum atomic E-state index is 13.0. The van der Waals surface area contributed by atoms with Crippen molar-refractivity contribution < 1.29 is 18.7 Å². The van der Waals surface area contributed by atoms with Crippen molar-refractivity contribution in [1.82, 2.24) is 15.0 Å². The maximum Gasteiger partial charge on any atom is 0.320 e. The number of anilines is 1. The Kier molecular flexibility index (Phi) is 5.08. The molecule has 0 spiro atoms. The molecular weight excluding hydrogens is 359 g/mol. The second-order valence-electron chi connectivity index (χ2n) is 5.17. The number of carbonyl (C=O) groups is 1. The van der Waals surface area contributed by atoms with Gasteiger partial charge in [-0.05, 0) is 24.3 Å². The quantitative estimate of drug-likeness (QED) is 0.683. The van der Waals surface area contributed by atoms with Crippen molar-refractivity contribution in [3.8, 4) is 23.3 Å². The number of thiazole rings is 1. The number of aromatic nitrogens is 3. The number of ether oxygens (including phenoxy) is 2. The highest BCUT2D eigenvalue weighted by Gasteiger charge is 2.18. The van der Waals surface area contributed by atoms with E-state index in [0.29, 0.717) is 28.0 Å². The van der Waals surface area contributed by atoms with E-state index in [1.807, 2.05) is 0 Å². The van der Waals surface area contributed by atoms with Crippen LogP contribution in [-0.4, -0.2) is 42.1 Å². The molecular formula is C17H15FN4O3S. The first-order valence-corrected chi connectivity index (χ1v) is 8.36. The van der Waals surface area contributed by atoms with Gasteiger partial charge >= 0.3 is 6.01 Å². The van der Waals surface area contributed by atoms with Crippen LogP contribution in [0.1, 0.15) is 10.4 Å². The molecule has 0 aliphatic carbocycles. The molecule has 0 aliphatic rings. The van der Waals surface area contributed by atoms with Crippen molar-refractivity contribution in [3.05, 3.63) is 47.1 Å². The highest BCUT2D eigenvalue weighted by atomic mass is 32.1. The Morgan fingerprint density at radius 2 is 1.81 bits per heavy atom. The van der Waals surface area contributed by atoms with Gasteiger partial charge in [0.1, 0.15) is 17.2 Å². The van der Waals surface area contributed by atoms with Gasteiger partial charge in [-0.2, -0.15) is 9.97 Å². The van der Waals surface area contributed by atoms with E-state index in [1.54, 1.807) is 18.5 Å². The molecule has 0 aliphatic heterocycles. The maximum absolute atomic E-state index is 13.0. The number of methoxy groups -OCH3 is 2. The van der Waals surface area contributed by atoms with Gasteiger partial charge in [-0.3, -0.25) is 9.69 Å². The average molecular weight is 374 g/mol. The van der Waals surface area contributed by atoms with Crippen LogP contribution in [0.5, 0.6) is 11.9 Å². The fourth-order valence-electron chi connectivity index (χ4n) is 2.14. The molecule has 134 valence electrons. The molecule has 3 rings (SSSR count). The van der Waals surface area contributed by atoms with E-state index in [-0.39, 0.29) is 11.9 Å². The summed E-state index contributed by atoms with van der Waals surface area (Å²) in [5.74, 6) is -0.340. The van der Waals surface area contributed by atoms with E-state index in [2.05, 4.69) is 15.0 Å². The SMILES string of the molecule is COc1cc(-c2csc(N(C)C(=O)c3ccc(F)cc3)n2)nc(OC)n1. The third-order valence-electron chi connectivity index (χ3n) is 3.51. The molecule has 2 heterocycles. The zero-order valence-corrected chi connectivity index (χ0v) is 15.1. The highest BCUT2D eigenvalue weighted by Crippen LogP contribution is 2.29. The summed E-state index contributed by atoms with van der Waals surface area (Å²) in [5.41, 5.74) is 1.44. The monoisotopic (exact) mass is 374 g/mol. The molecule has 1 amide bonds. The standard InChI is InChI=1S/C17H15FN4O3S/c1-22(15(23)10-4-6-11(18)7-5-10)17-20-13(9-26-17)12-8-14(24-2)21-16(19-12)25-3/h4-9H,1-3H3. The fourth-order valence-corrected chi connectivity index (χ4v) is 2.92. The molecule has 0 N–H and O–H groups in total. The van der Waals surface area contributed by atoms with Crippen LogP contribution in [0.25, 0.3) is 11.4 Å². The third-order valence-corrected chi connectivity index (χ3v) is 4.43. The van der Waals surface area contributed by atoms with E-state index in [1.165, 1.54) is 54.7 Å². The normalized spacial score (nSPS) is 10.5. The molecule has 0 unspecified atom stereocenters. The Morgan fingerprint density at radius 1 is 1.08 bits per heavy atom. The van der Waals surface area contributed by atoms with Crippen molar-refractivity contribution >= 4 is 22.4 Å². The molecule has 9 heteroatoms. The van der Waals surface area contributed by atoms with Gasteiger partial charge in [0.2, 0.25) is 5.88 Å². The summed E-state index contributed by atoms with van der Waals surface area (Å²) in [6, 6.07) is 7.14. The molecule has 26 heavy (non-hydrogen) atoms. The van der Waals surface area contributed by atoms with Crippen molar-refractivity contribution in [2.45, 2.75) is 0 Å². The van der Waals surface area contributed by atoms with Gasteiger partial charge in [-0.1, -0.05) is 0 Å². The number of halogens is 1. The van der Waals surface area contributed by atoms with Gasteiger partial charge in [-0.15, -0.1) is 11.3 Å². The van der Waals surface area contributed by atoms with E-state index in [9.17, 15) is 9.18 Å². The lowest BCUT2D eigenvalue weighted by molar-refractivity contribution is 0.0993. The lowest BCUT2D eigenvalue weighted by Crippen LogP contribution is -2.26. The van der Waals surface area contributed by atoms with Crippen LogP contribution >= 0.6 is 11.3 Å². The van der Waals surface area contributed by atoms with Crippen LogP contribution in [0.15, 0.2) is 35.7 Å². The minimum atomic E-state index is -0.396. The number of hydrogen-bond donors (Lipinski definition) is 0. The number of rotatable bonds is 5. The molecule has 3 aromatic rings. The topological polar surface area (TPSA) is 77.4 Å². The van der Waals surface area contributed by atoms with Gasteiger partial charge in [-0.25, -0.2) is 9.37 Å². The smallest absolute Gasteiger partial charge is 0.320 e. The van der Waals surface area contributed by atoms with Crippen LogP contribution in [0.2, 0.25) is 0 Å². The molecule has 0 radical (unpaired) electrons. The zero-order valence-electron chi connectivity index (χ0n) is 14.3. The summed E-state index contributed by atoms with van der Waals surface area (Å²) < 4.78 is 23.2. The van der Waals surface area contributed by atoms with Gasteiger partial charge in [0.25, 0.3) is 5.91 Å². The summed E-state index contributed by atoms with van der Waals surface area (Å²) in [5, 5.41) is 2.25. The van der Waals surface area contributed by atoms with E-state index >= 15 is 0 Å². The Bertz CT molecular complexity index is 908. The summed E-state index contributed by atoms with van der Waals surface area (Å²) in [6.45, 7) is 0. The Balaban J connectivity index is 1.87. The second kappa shape index (κ2) is 7.44. The Labute approximate surface area is 153 Å². The fraction of sp³-hybridized carbons (Fsp3) is 0.176. The van der Waals surface area contributed by atoms with Crippen molar-refractivity contribution in [1.29, 1.82) is 0 Å². The largest absolute Gasteiger partial charge is 0.481 e. The average Bonchev–Trinajstić information content (AvgIpc) is 3.17. The summed E-state index contributed by atoms with van der Waals surface area (Å²) in [6.07, 6.45) is 0. The molecule has 0 saturated carbocycles. The van der Waals surface area contributed by atoms with Gasteiger partial charge in [0.05, 0.1) is 14.2 Å².